The fourth-order valence-corrected chi connectivity index (χ4v) is 2.24. The molecule has 3 heterocycles. The number of hydrogen-bond donors (Lipinski definition) is 1. The number of aryl methyl sites for hydroxylation is 1. The summed E-state index contributed by atoms with van der Waals surface area (Å²) >= 11 is 0. The third kappa shape index (κ3) is 1.83. The predicted molar refractivity (Wildman–Crippen MR) is 76.7 cm³/mol. The lowest BCUT2D eigenvalue weighted by atomic mass is 10.2. The molecule has 2 aromatic rings. The Balaban J connectivity index is 2.19. The molecule has 0 radical (unpaired) electrons. The van der Waals surface area contributed by atoms with Crippen LogP contribution in [0.1, 0.15) is 24.5 Å². The number of aromatic nitrogens is 3. The van der Waals surface area contributed by atoms with Crippen LogP contribution in [0, 0.1) is 0 Å². The number of rotatable bonds is 2. The molecule has 96 valence electrons. The van der Waals surface area contributed by atoms with Crippen LogP contribution in [0.5, 0.6) is 0 Å². The molecule has 0 saturated heterocycles. The Labute approximate surface area is 111 Å². The summed E-state index contributed by atoms with van der Waals surface area (Å²) in [4.78, 5) is 13.2. The van der Waals surface area contributed by atoms with Gasteiger partial charge in [0.1, 0.15) is 17.4 Å². The molecule has 2 aromatic heterocycles. The summed E-state index contributed by atoms with van der Waals surface area (Å²) in [5, 5.41) is 3.23. The monoisotopic (exact) mass is 253 g/mol. The van der Waals surface area contributed by atoms with Gasteiger partial charge < -0.3 is 9.88 Å². The molecular formula is C14H15N5. The van der Waals surface area contributed by atoms with Crippen LogP contribution in [0.15, 0.2) is 36.2 Å². The minimum Gasteiger partial charge on any atom is -0.376 e. The highest BCUT2D eigenvalue weighted by atomic mass is 15.1. The second-order valence-corrected chi connectivity index (χ2v) is 4.59. The number of nitrogens with zero attached hydrogens (tertiary/aromatic N) is 4. The molecule has 0 amide bonds. The van der Waals surface area contributed by atoms with Crippen molar-refractivity contribution in [3.63, 3.8) is 0 Å². The second kappa shape index (κ2) is 4.35. The summed E-state index contributed by atoms with van der Waals surface area (Å²) in [6.45, 7) is 5.91. The minimum atomic E-state index is -0.0135. The van der Waals surface area contributed by atoms with E-state index in [0.29, 0.717) is 0 Å². The van der Waals surface area contributed by atoms with Gasteiger partial charge in [0.15, 0.2) is 0 Å². The van der Waals surface area contributed by atoms with Crippen molar-refractivity contribution in [3.05, 3.63) is 42.8 Å². The molecular weight excluding hydrogens is 238 g/mol. The molecule has 1 N–H and O–H groups in total. The van der Waals surface area contributed by atoms with E-state index in [2.05, 4.69) is 26.4 Å². The maximum atomic E-state index is 4.71. The Kier molecular flexibility index (Phi) is 2.67. The molecule has 1 aliphatic heterocycles. The van der Waals surface area contributed by atoms with Crippen LogP contribution in [-0.2, 0) is 7.05 Å². The van der Waals surface area contributed by atoms with Crippen LogP contribution < -0.4 is 5.32 Å². The van der Waals surface area contributed by atoms with Crippen LogP contribution >= 0.6 is 0 Å². The third-order valence-corrected chi connectivity index (χ3v) is 3.19. The molecule has 1 aliphatic rings. The lowest BCUT2D eigenvalue weighted by Crippen LogP contribution is -2.22. The molecule has 0 aliphatic carbocycles. The number of allylic oxidation sites excluding steroid dienone is 1. The molecule has 0 saturated carbocycles. The average Bonchev–Trinajstić information content (AvgIpc) is 2.77. The highest BCUT2D eigenvalue weighted by molar-refractivity contribution is 5.87. The summed E-state index contributed by atoms with van der Waals surface area (Å²) in [6, 6.07) is 1.95. The minimum absolute atomic E-state index is 0.0135. The van der Waals surface area contributed by atoms with Gasteiger partial charge in [0.2, 0.25) is 0 Å². The van der Waals surface area contributed by atoms with Crippen LogP contribution in [0.3, 0.4) is 0 Å². The van der Waals surface area contributed by atoms with E-state index < -0.39 is 0 Å². The van der Waals surface area contributed by atoms with Gasteiger partial charge in [-0.15, -0.1) is 0 Å². The highest BCUT2D eigenvalue weighted by Gasteiger charge is 2.18. The number of pyridine rings is 1. The fourth-order valence-electron chi connectivity index (χ4n) is 2.24. The summed E-state index contributed by atoms with van der Waals surface area (Å²) in [5.74, 6) is 0.915. The standard InChI is InChI=1S/C14H15N5/c1-9(2)12-13-11(4-5-17-12)19(3)14(18-13)10-8-15-6-7-16-10/h4-8,10,16H,1H2,2-3H3. The van der Waals surface area contributed by atoms with Gasteiger partial charge in [0, 0.05) is 31.9 Å². The van der Waals surface area contributed by atoms with Crippen molar-refractivity contribution < 1.29 is 0 Å². The topological polar surface area (TPSA) is 55.1 Å². The molecule has 1 unspecified atom stereocenters. The van der Waals surface area contributed by atoms with Gasteiger partial charge in [-0.1, -0.05) is 6.58 Å². The first-order valence-electron chi connectivity index (χ1n) is 6.10. The molecule has 5 nitrogen and oxygen atoms in total. The van der Waals surface area contributed by atoms with E-state index in [4.69, 9.17) is 4.98 Å². The third-order valence-electron chi connectivity index (χ3n) is 3.19. The zero-order chi connectivity index (χ0) is 13.4. The molecule has 3 rings (SSSR count). The van der Waals surface area contributed by atoms with Crippen LogP contribution in [-0.4, -0.2) is 20.7 Å². The molecule has 0 aromatic carbocycles. The first kappa shape index (κ1) is 11.6. The molecule has 19 heavy (non-hydrogen) atoms. The van der Waals surface area contributed by atoms with E-state index in [1.165, 1.54) is 0 Å². The van der Waals surface area contributed by atoms with Crippen molar-refractivity contribution in [3.8, 4) is 0 Å². The van der Waals surface area contributed by atoms with Gasteiger partial charge in [0.05, 0.1) is 11.2 Å². The summed E-state index contributed by atoms with van der Waals surface area (Å²) < 4.78 is 2.06. The lowest BCUT2D eigenvalue weighted by Gasteiger charge is -2.14. The summed E-state index contributed by atoms with van der Waals surface area (Å²) in [6.07, 6.45) is 7.18. The molecule has 0 spiro atoms. The van der Waals surface area contributed by atoms with Crippen molar-refractivity contribution in [2.45, 2.75) is 13.0 Å². The molecule has 0 bridgehead atoms. The van der Waals surface area contributed by atoms with Gasteiger partial charge in [0.25, 0.3) is 0 Å². The maximum Gasteiger partial charge on any atom is 0.137 e. The molecule has 1 atom stereocenters. The number of fused-ring (bicyclic) bond motifs is 1. The van der Waals surface area contributed by atoms with Crippen LogP contribution in [0.4, 0.5) is 0 Å². The van der Waals surface area contributed by atoms with Crippen molar-refractivity contribution in [1.29, 1.82) is 0 Å². The summed E-state index contributed by atoms with van der Waals surface area (Å²) in [5.41, 5.74) is 3.70. The predicted octanol–water partition coefficient (Wildman–Crippen LogP) is 2.19. The fraction of sp³-hybridized carbons (Fsp3) is 0.214. The average molecular weight is 253 g/mol. The van der Waals surface area contributed by atoms with E-state index in [1.807, 2.05) is 32.5 Å². The first-order valence-corrected chi connectivity index (χ1v) is 6.10. The van der Waals surface area contributed by atoms with E-state index in [1.54, 1.807) is 12.4 Å². The van der Waals surface area contributed by atoms with E-state index in [-0.39, 0.29) is 6.04 Å². The number of aliphatic imine (C=N–C) groups is 1. The van der Waals surface area contributed by atoms with Crippen molar-refractivity contribution in [2.24, 2.45) is 12.0 Å². The largest absolute Gasteiger partial charge is 0.376 e. The Morgan fingerprint density at radius 1 is 1.47 bits per heavy atom. The van der Waals surface area contributed by atoms with Gasteiger partial charge >= 0.3 is 0 Å². The Bertz CT molecular complexity index is 708. The van der Waals surface area contributed by atoms with Gasteiger partial charge in [-0.05, 0) is 18.6 Å². The van der Waals surface area contributed by atoms with E-state index >= 15 is 0 Å². The SMILES string of the molecule is C=C(C)c1nccc2c1nc(C1C=NC=CN1)n2C. The molecule has 5 heteroatoms. The first-order chi connectivity index (χ1) is 9.18. The van der Waals surface area contributed by atoms with Crippen LogP contribution in [0.25, 0.3) is 16.6 Å². The lowest BCUT2D eigenvalue weighted by molar-refractivity contribution is 0.696. The number of imidazole rings is 1. The van der Waals surface area contributed by atoms with Crippen molar-refractivity contribution in [1.82, 2.24) is 19.9 Å². The Morgan fingerprint density at radius 3 is 3.00 bits per heavy atom. The highest BCUT2D eigenvalue weighted by Crippen LogP contribution is 2.24. The number of nitrogens with one attached hydrogen (secondary N) is 1. The zero-order valence-electron chi connectivity index (χ0n) is 11.0. The van der Waals surface area contributed by atoms with Gasteiger partial charge in [-0.3, -0.25) is 9.98 Å². The molecule has 0 fully saturated rings. The van der Waals surface area contributed by atoms with Gasteiger partial charge in [-0.2, -0.15) is 0 Å². The smallest absolute Gasteiger partial charge is 0.137 e. The number of hydrogen-bond acceptors (Lipinski definition) is 4. The van der Waals surface area contributed by atoms with Crippen molar-refractivity contribution >= 4 is 22.8 Å². The summed E-state index contributed by atoms with van der Waals surface area (Å²) in [7, 11) is 2.00. The maximum absolute atomic E-state index is 4.71. The quantitative estimate of drug-likeness (QED) is 0.892. The van der Waals surface area contributed by atoms with Crippen molar-refractivity contribution in [2.75, 3.05) is 0 Å². The van der Waals surface area contributed by atoms with E-state index in [9.17, 15) is 0 Å². The van der Waals surface area contributed by atoms with E-state index in [0.717, 1.165) is 28.1 Å². The second-order valence-electron chi connectivity index (χ2n) is 4.59. The van der Waals surface area contributed by atoms with Gasteiger partial charge in [-0.25, -0.2) is 4.98 Å². The normalized spacial score (nSPS) is 17.7. The Morgan fingerprint density at radius 2 is 2.32 bits per heavy atom. The Hall–Kier alpha value is -2.43. The van der Waals surface area contributed by atoms with Crippen LogP contribution in [0.2, 0.25) is 0 Å². The zero-order valence-corrected chi connectivity index (χ0v) is 11.0.